The maximum absolute atomic E-state index is 13.8. The summed E-state index contributed by atoms with van der Waals surface area (Å²) in [5.41, 5.74) is -1.86. The van der Waals surface area contributed by atoms with E-state index in [1.54, 1.807) is 0 Å². The molecule has 12 heteroatoms. The summed E-state index contributed by atoms with van der Waals surface area (Å²) in [6, 6.07) is 2.68. The van der Waals surface area contributed by atoms with Gasteiger partial charge in [-0.2, -0.15) is 13.2 Å². The fourth-order valence-electron chi connectivity index (χ4n) is 4.36. The number of anilines is 1. The van der Waals surface area contributed by atoms with Gasteiger partial charge in [0.25, 0.3) is 6.43 Å². The van der Waals surface area contributed by atoms with Crippen LogP contribution in [0.25, 0.3) is 16.6 Å². The molecule has 2 aliphatic heterocycles. The minimum atomic E-state index is -4.71. The summed E-state index contributed by atoms with van der Waals surface area (Å²) in [6.45, 7) is 1.68. The van der Waals surface area contributed by atoms with Gasteiger partial charge in [0.2, 0.25) is 6.41 Å². The number of hydrogen-bond acceptors (Lipinski definition) is 5. The van der Waals surface area contributed by atoms with Gasteiger partial charge in [-0.15, -0.1) is 0 Å². The number of likely N-dealkylation sites (N-methyl/N-ethyl adjacent to an activating group) is 1. The van der Waals surface area contributed by atoms with Crippen molar-refractivity contribution in [2.45, 2.75) is 37.8 Å². The summed E-state index contributed by atoms with van der Waals surface area (Å²) in [7, 11) is 1.97. The van der Waals surface area contributed by atoms with Gasteiger partial charge in [-0.3, -0.25) is 15.1 Å². The number of alkyl halides is 5. The summed E-state index contributed by atoms with van der Waals surface area (Å²) in [5, 5.41) is 8.40. The number of aliphatic imine (C=N–C) groups is 1. The molecule has 0 aliphatic carbocycles. The lowest BCUT2D eigenvalue weighted by Crippen LogP contribution is -2.52. The van der Waals surface area contributed by atoms with Gasteiger partial charge in [0.1, 0.15) is 0 Å². The first-order chi connectivity index (χ1) is 15.7. The van der Waals surface area contributed by atoms with Crippen molar-refractivity contribution in [1.82, 2.24) is 20.5 Å². The first-order valence-corrected chi connectivity index (χ1v) is 10.4. The highest BCUT2D eigenvalue weighted by Crippen LogP contribution is 2.39. The number of allylic oxidation sites excluding steroid dienone is 1. The minimum absolute atomic E-state index is 0.0393. The number of aromatic nitrogens is 1. The van der Waals surface area contributed by atoms with E-state index in [0.29, 0.717) is 0 Å². The van der Waals surface area contributed by atoms with Gasteiger partial charge in [0, 0.05) is 35.9 Å². The topological polar surface area (TPSA) is 84.6 Å². The highest BCUT2D eigenvalue weighted by Gasteiger charge is 2.39. The van der Waals surface area contributed by atoms with Crippen LogP contribution in [-0.4, -0.2) is 61.2 Å². The van der Waals surface area contributed by atoms with Crippen molar-refractivity contribution < 1.29 is 26.7 Å². The molecule has 4 N–H and O–H groups in total. The number of benzene rings is 1. The molecule has 2 atom stereocenters. The zero-order valence-corrected chi connectivity index (χ0v) is 17.6. The normalized spacial score (nSPS) is 22.2. The first kappa shape index (κ1) is 23.2. The van der Waals surface area contributed by atoms with Crippen molar-refractivity contribution in [3.63, 3.8) is 0 Å². The van der Waals surface area contributed by atoms with E-state index in [4.69, 9.17) is 0 Å². The second kappa shape index (κ2) is 9.10. The number of fused-ring (bicyclic) bond motifs is 1. The van der Waals surface area contributed by atoms with Crippen molar-refractivity contribution in [3.8, 4) is 0 Å². The number of carbonyl (C=O) groups excluding carboxylic acids is 1. The second-order valence-corrected chi connectivity index (χ2v) is 8.09. The molecule has 0 spiro atoms. The van der Waals surface area contributed by atoms with Crippen LogP contribution < -0.4 is 16.0 Å². The number of carbonyl (C=O) groups is 1. The predicted octanol–water partition coefficient (Wildman–Crippen LogP) is 3.59. The van der Waals surface area contributed by atoms with Crippen LogP contribution in [0.2, 0.25) is 0 Å². The Morgan fingerprint density at radius 2 is 2.09 bits per heavy atom. The highest BCUT2D eigenvalue weighted by atomic mass is 19.4. The van der Waals surface area contributed by atoms with Crippen LogP contribution in [0.5, 0.6) is 0 Å². The van der Waals surface area contributed by atoms with Crippen molar-refractivity contribution >= 4 is 34.9 Å². The van der Waals surface area contributed by atoms with Crippen LogP contribution >= 0.6 is 0 Å². The zero-order valence-electron chi connectivity index (χ0n) is 17.6. The molecule has 0 bridgehead atoms. The number of amides is 1. The zero-order chi connectivity index (χ0) is 23.8. The Kier molecular flexibility index (Phi) is 6.39. The minimum Gasteiger partial charge on any atom is -0.360 e. The molecule has 1 fully saturated rings. The molecule has 7 nitrogen and oxygen atoms in total. The lowest BCUT2D eigenvalue weighted by Gasteiger charge is -2.34. The van der Waals surface area contributed by atoms with Crippen LogP contribution in [0, 0.1) is 0 Å². The molecule has 2 unspecified atom stereocenters. The number of piperidine rings is 1. The second-order valence-electron chi connectivity index (χ2n) is 8.09. The fourth-order valence-corrected chi connectivity index (χ4v) is 4.36. The van der Waals surface area contributed by atoms with Gasteiger partial charge in [0.05, 0.1) is 28.0 Å². The van der Waals surface area contributed by atoms with E-state index in [2.05, 4.69) is 30.8 Å². The largest absolute Gasteiger partial charge is 0.419 e. The number of aromatic amines is 1. The average Bonchev–Trinajstić information content (AvgIpc) is 3.16. The Labute approximate surface area is 186 Å². The van der Waals surface area contributed by atoms with Crippen LogP contribution in [0.1, 0.15) is 30.4 Å². The van der Waals surface area contributed by atoms with Gasteiger partial charge < -0.3 is 20.5 Å². The molecule has 2 aliphatic rings. The molecule has 178 valence electrons. The van der Waals surface area contributed by atoms with Gasteiger partial charge in [-0.1, -0.05) is 6.07 Å². The third-order valence-corrected chi connectivity index (χ3v) is 5.83. The van der Waals surface area contributed by atoms with Gasteiger partial charge in [0.15, 0.2) is 6.29 Å². The smallest absolute Gasteiger partial charge is 0.360 e. The van der Waals surface area contributed by atoms with Gasteiger partial charge >= 0.3 is 6.18 Å². The Morgan fingerprint density at radius 3 is 2.76 bits per heavy atom. The van der Waals surface area contributed by atoms with E-state index in [0.717, 1.165) is 32.1 Å². The highest BCUT2D eigenvalue weighted by molar-refractivity contribution is 6.02. The number of halogens is 5. The van der Waals surface area contributed by atoms with Gasteiger partial charge in [-0.25, -0.2) is 8.78 Å². The van der Waals surface area contributed by atoms with Crippen LogP contribution in [0.15, 0.2) is 28.9 Å². The molecule has 4 rings (SSSR count). The first-order valence-electron chi connectivity index (χ1n) is 10.4. The third-order valence-electron chi connectivity index (χ3n) is 5.83. The standard InChI is InChI=1S/C21H23F5N6O/c1-32-6-2-3-11(9-32)30-20-28-8-14(21(24,25)26)17(31-20)13-7-27-18-12(13)4-5-15(29-10-33)16(18)19(22)23/h4-5,7-8,10-11,19-20,27,30-31H,2-3,6,9H2,1H3,(H,29,33). The van der Waals surface area contributed by atoms with E-state index in [1.165, 1.54) is 18.3 Å². The van der Waals surface area contributed by atoms with Crippen molar-refractivity contribution in [3.05, 3.63) is 35.0 Å². The molecule has 3 heterocycles. The molecular formula is C21H23F5N6O. The summed E-state index contributed by atoms with van der Waals surface area (Å²) < 4.78 is 68.9. The predicted molar refractivity (Wildman–Crippen MR) is 115 cm³/mol. The fraction of sp³-hybridized carbons (Fsp3) is 0.429. The van der Waals surface area contributed by atoms with E-state index in [9.17, 15) is 26.7 Å². The van der Waals surface area contributed by atoms with Crippen LogP contribution in [0.3, 0.4) is 0 Å². The quantitative estimate of drug-likeness (QED) is 0.384. The van der Waals surface area contributed by atoms with Crippen molar-refractivity contribution in [2.24, 2.45) is 4.99 Å². The summed E-state index contributed by atoms with van der Waals surface area (Å²) in [6.07, 6.45) is -4.38. The number of likely N-dealkylation sites (tertiary alicyclic amines) is 1. The molecule has 1 aromatic carbocycles. The Hall–Kier alpha value is -2.99. The number of rotatable bonds is 6. The number of nitrogens with zero attached hydrogens (tertiary/aromatic N) is 2. The summed E-state index contributed by atoms with van der Waals surface area (Å²) in [4.78, 5) is 19.6. The molecule has 1 aromatic heterocycles. The van der Waals surface area contributed by atoms with Crippen LogP contribution in [-0.2, 0) is 4.79 Å². The number of hydrogen-bond donors (Lipinski definition) is 4. The van der Waals surface area contributed by atoms with Gasteiger partial charge in [-0.05, 0) is 32.5 Å². The SMILES string of the molecule is CN1CCCC(NC2N=CC(C(F)(F)F)=C(c3c[nH]c4c(C(F)F)c(NC=O)ccc34)N2)C1. The molecular weight excluding hydrogens is 447 g/mol. The molecule has 0 radical (unpaired) electrons. The Bertz CT molecular complexity index is 1090. The average molecular weight is 470 g/mol. The van der Waals surface area contributed by atoms with Crippen molar-refractivity contribution in [1.29, 1.82) is 0 Å². The number of nitrogens with one attached hydrogen (secondary N) is 4. The maximum Gasteiger partial charge on any atom is 0.419 e. The molecule has 0 saturated carbocycles. The van der Waals surface area contributed by atoms with E-state index in [1.807, 2.05) is 7.05 Å². The monoisotopic (exact) mass is 470 g/mol. The van der Waals surface area contributed by atoms with Crippen LogP contribution in [0.4, 0.5) is 27.6 Å². The molecule has 33 heavy (non-hydrogen) atoms. The lowest BCUT2D eigenvalue weighted by atomic mass is 10.0. The molecule has 2 aromatic rings. The summed E-state index contributed by atoms with van der Waals surface area (Å²) >= 11 is 0. The van der Waals surface area contributed by atoms with E-state index in [-0.39, 0.29) is 40.3 Å². The van der Waals surface area contributed by atoms with E-state index < -0.39 is 30.0 Å². The maximum atomic E-state index is 13.8. The number of H-pyrrole nitrogens is 1. The van der Waals surface area contributed by atoms with Crippen molar-refractivity contribution in [2.75, 3.05) is 25.5 Å². The lowest BCUT2D eigenvalue weighted by molar-refractivity contribution is -0.105. The molecule has 1 amide bonds. The molecule has 1 saturated heterocycles. The third kappa shape index (κ3) is 4.71. The van der Waals surface area contributed by atoms with E-state index >= 15 is 0 Å². The summed E-state index contributed by atoms with van der Waals surface area (Å²) in [5.74, 6) is 0. The Morgan fingerprint density at radius 1 is 1.30 bits per heavy atom. The Balaban J connectivity index is 1.73.